The van der Waals surface area contributed by atoms with Crippen LogP contribution in [-0.2, 0) is 12.0 Å². The van der Waals surface area contributed by atoms with E-state index in [4.69, 9.17) is 10.7 Å². The zero-order chi connectivity index (χ0) is 14.9. The van der Waals surface area contributed by atoms with Crippen LogP contribution in [0.1, 0.15) is 51.8 Å². The smallest absolute Gasteiger partial charge is 0.117 e. The van der Waals surface area contributed by atoms with Gasteiger partial charge in [0, 0.05) is 24.7 Å². The SMILES string of the molecule is CCCn1c(C2(CN)CCC(C)CC2)nc2cnccc21. The summed E-state index contributed by atoms with van der Waals surface area (Å²) in [6, 6.07) is 2.08. The lowest BCUT2D eigenvalue weighted by molar-refractivity contribution is 0.231. The molecule has 4 nitrogen and oxygen atoms in total. The van der Waals surface area contributed by atoms with E-state index in [9.17, 15) is 0 Å². The van der Waals surface area contributed by atoms with Gasteiger partial charge in [-0.1, -0.05) is 13.8 Å². The zero-order valence-electron chi connectivity index (χ0n) is 13.2. The molecule has 2 aromatic heterocycles. The quantitative estimate of drug-likeness (QED) is 0.938. The van der Waals surface area contributed by atoms with Crippen LogP contribution in [0.3, 0.4) is 0 Å². The molecule has 1 fully saturated rings. The third kappa shape index (κ3) is 2.46. The van der Waals surface area contributed by atoms with Crippen molar-refractivity contribution in [3.63, 3.8) is 0 Å². The van der Waals surface area contributed by atoms with E-state index in [1.54, 1.807) is 0 Å². The molecule has 0 unspecified atom stereocenters. The summed E-state index contributed by atoms with van der Waals surface area (Å²) in [5, 5.41) is 0. The van der Waals surface area contributed by atoms with Gasteiger partial charge in [0.1, 0.15) is 11.3 Å². The Labute approximate surface area is 126 Å². The first-order valence-corrected chi connectivity index (χ1v) is 8.21. The van der Waals surface area contributed by atoms with Gasteiger partial charge in [0.15, 0.2) is 0 Å². The van der Waals surface area contributed by atoms with Gasteiger partial charge in [-0.25, -0.2) is 4.98 Å². The van der Waals surface area contributed by atoms with E-state index in [-0.39, 0.29) is 5.41 Å². The largest absolute Gasteiger partial charge is 0.329 e. The average molecular weight is 286 g/mol. The molecule has 21 heavy (non-hydrogen) atoms. The summed E-state index contributed by atoms with van der Waals surface area (Å²) in [7, 11) is 0. The van der Waals surface area contributed by atoms with Gasteiger partial charge in [-0.2, -0.15) is 0 Å². The van der Waals surface area contributed by atoms with Crippen LogP contribution in [0, 0.1) is 5.92 Å². The lowest BCUT2D eigenvalue weighted by Gasteiger charge is -2.38. The van der Waals surface area contributed by atoms with E-state index < -0.39 is 0 Å². The Balaban J connectivity index is 2.11. The van der Waals surface area contributed by atoms with Crippen LogP contribution in [0.4, 0.5) is 0 Å². The molecule has 0 spiro atoms. The highest BCUT2D eigenvalue weighted by atomic mass is 15.1. The minimum Gasteiger partial charge on any atom is -0.329 e. The molecule has 0 atom stereocenters. The van der Waals surface area contributed by atoms with Crippen molar-refractivity contribution in [2.75, 3.05) is 6.54 Å². The number of nitrogens with zero attached hydrogens (tertiary/aromatic N) is 3. The highest BCUT2D eigenvalue weighted by molar-refractivity contribution is 5.75. The van der Waals surface area contributed by atoms with Gasteiger partial charge >= 0.3 is 0 Å². The van der Waals surface area contributed by atoms with Crippen molar-refractivity contribution in [1.82, 2.24) is 14.5 Å². The Hall–Kier alpha value is -1.42. The van der Waals surface area contributed by atoms with Crippen molar-refractivity contribution < 1.29 is 0 Å². The average Bonchev–Trinajstić information content (AvgIpc) is 2.89. The van der Waals surface area contributed by atoms with Gasteiger partial charge in [0.2, 0.25) is 0 Å². The molecule has 114 valence electrons. The van der Waals surface area contributed by atoms with E-state index in [2.05, 4.69) is 29.5 Å². The second-order valence-electron chi connectivity index (χ2n) is 6.62. The van der Waals surface area contributed by atoms with Crippen molar-refractivity contribution in [3.8, 4) is 0 Å². The van der Waals surface area contributed by atoms with Crippen LogP contribution in [-0.4, -0.2) is 21.1 Å². The Morgan fingerprint density at radius 2 is 2.14 bits per heavy atom. The zero-order valence-corrected chi connectivity index (χ0v) is 13.2. The fraction of sp³-hybridized carbons (Fsp3) is 0.647. The third-order valence-corrected chi connectivity index (χ3v) is 5.09. The molecule has 2 aromatic rings. The van der Waals surface area contributed by atoms with E-state index in [0.717, 1.165) is 37.2 Å². The third-order valence-electron chi connectivity index (χ3n) is 5.09. The molecule has 4 heteroatoms. The number of rotatable bonds is 4. The molecule has 1 aliphatic carbocycles. The van der Waals surface area contributed by atoms with Crippen LogP contribution in [0.25, 0.3) is 11.0 Å². The minimum atomic E-state index is 0.0562. The van der Waals surface area contributed by atoms with Gasteiger partial charge in [-0.3, -0.25) is 4.98 Å². The van der Waals surface area contributed by atoms with E-state index in [1.165, 1.54) is 24.2 Å². The molecule has 3 rings (SSSR count). The monoisotopic (exact) mass is 286 g/mol. The fourth-order valence-corrected chi connectivity index (χ4v) is 3.67. The standard InChI is InChI=1S/C17H26N4/c1-3-10-21-15-6-9-19-11-14(15)20-16(21)17(12-18)7-4-13(2)5-8-17/h6,9,11,13H,3-5,7-8,10,12,18H2,1-2H3. The summed E-state index contributed by atoms with van der Waals surface area (Å²) in [6.45, 7) is 6.27. The molecule has 0 bridgehead atoms. The van der Waals surface area contributed by atoms with Crippen molar-refractivity contribution in [2.24, 2.45) is 11.7 Å². The van der Waals surface area contributed by atoms with E-state index in [0.29, 0.717) is 6.54 Å². The Kier molecular flexibility index (Phi) is 3.98. The maximum absolute atomic E-state index is 6.23. The van der Waals surface area contributed by atoms with Crippen molar-refractivity contribution in [3.05, 3.63) is 24.3 Å². The predicted molar refractivity (Wildman–Crippen MR) is 86.2 cm³/mol. The van der Waals surface area contributed by atoms with Crippen molar-refractivity contribution >= 4 is 11.0 Å². The minimum absolute atomic E-state index is 0.0562. The topological polar surface area (TPSA) is 56.7 Å². The second-order valence-corrected chi connectivity index (χ2v) is 6.62. The second kappa shape index (κ2) is 5.76. The van der Waals surface area contributed by atoms with Crippen LogP contribution in [0.5, 0.6) is 0 Å². The fourth-order valence-electron chi connectivity index (χ4n) is 3.67. The molecular weight excluding hydrogens is 260 g/mol. The number of aromatic nitrogens is 3. The maximum atomic E-state index is 6.23. The summed E-state index contributed by atoms with van der Waals surface area (Å²) in [5.74, 6) is 2.01. The lowest BCUT2D eigenvalue weighted by Crippen LogP contribution is -2.41. The number of fused-ring (bicyclic) bond motifs is 1. The van der Waals surface area contributed by atoms with Crippen molar-refractivity contribution in [2.45, 2.75) is 57.9 Å². The molecule has 0 aliphatic heterocycles. The molecule has 1 aliphatic rings. The van der Waals surface area contributed by atoms with Crippen LogP contribution in [0.15, 0.2) is 18.5 Å². The van der Waals surface area contributed by atoms with Gasteiger partial charge in [0.25, 0.3) is 0 Å². The van der Waals surface area contributed by atoms with Gasteiger partial charge in [0.05, 0.1) is 11.7 Å². The van der Waals surface area contributed by atoms with Gasteiger partial charge in [-0.15, -0.1) is 0 Å². The summed E-state index contributed by atoms with van der Waals surface area (Å²) in [6.07, 6.45) is 9.67. The Morgan fingerprint density at radius 3 is 2.81 bits per heavy atom. The van der Waals surface area contributed by atoms with Crippen molar-refractivity contribution in [1.29, 1.82) is 0 Å². The summed E-state index contributed by atoms with van der Waals surface area (Å²) in [5.41, 5.74) is 8.50. The molecule has 0 radical (unpaired) electrons. The first-order chi connectivity index (χ1) is 10.2. The number of pyridine rings is 1. The molecule has 1 saturated carbocycles. The molecular formula is C17H26N4. The molecule has 2 heterocycles. The van der Waals surface area contributed by atoms with Crippen LogP contribution < -0.4 is 5.73 Å². The highest BCUT2D eigenvalue weighted by Crippen LogP contribution is 2.41. The number of hydrogen-bond donors (Lipinski definition) is 1. The Morgan fingerprint density at radius 1 is 1.38 bits per heavy atom. The predicted octanol–water partition coefficient (Wildman–Crippen LogP) is 3.25. The normalized spacial score (nSPS) is 26.3. The number of nitrogens with two attached hydrogens (primary N) is 1. The molecule has 0 aromatic carbocycles. The number of hydrogen-bond acceptors (Lipinski definition) is 3. The molecule has 0 saturated heterocycles. The first kappa shape index (κ1) is 14.5. The number of aryl methyl sites for hydroxylation is 1. The van der Waals surface area contributed by atoms with Crippen LogP contribution in [0.2, 0.25) is 0 Å². The maximum Gasteiger partial charge on any atom is 0.117 e. The Bertz CT molecular complexity index is 608. The summed E-state index contributed by atoms with van der Waals surface area (Å²) in [4.78, 5) is 9.17. The van der Waals surface area contributed by atoms with E-state index in [1.807, 2.05) is 12.4 Å². The van der Waals surface area contributed by atoms with Crippen LogP contribution >= 0.6 is 0 Å². The lowest BCUT2D eigenvalue weighted by atomic mass is 9.70. The highest BCUT2D eigenvalue weighted by Gasteiger charge is 2.38. The molecule has 0 amide bonds. The first-order valence-electron chi connectivity index (χ1n) is 8.21. The summed E-state index contributed by atoms with van der Waals surface area (Å²) < 4.78 is 2.39. The summed E-state index contributed by atoms with van der Waals surface area (Å²) >= 11 is 0. The van der Waals surface area contributed by atoms with Gasteiger partial charge < -0.3 is 10.3 Å². The molecule has 2 N–H and O–H groups in total. The van der Waals surface area contributed by atoms with Gasteiger partial charge in [-0.05, 0) is 44.1 Å². The number of imidazole rings is 1. The van der Waals surface area contributed by atoms with E-state index >= 15 is 0 Å².